The number of urea groups is 1. The number of hydrogen-bond acceptors (Lipinski definition) is 7. The number of anilines is 2. The van der Waals surface area contributed by atoms with Gasteiger partial charge in [0.05, 0.1) is 27.0 Å². The number of carbonyl (C=O) groups is 1. The summed E-state index contributed by atoms with van der Waals surface area (Å²) >= 11 is 1.50. The van der Waals surface area contributed by atoms with E-state index in [4.69, 9.17) is 14.2 Å². The molecule has 158 valence electrons. The highest BCUT2D eigenvalue weighted by molar-refractivity contribution is 7.21. The fourth-order valence-electron chi connectivity index (χ4n) is 3.07. The Balaban J connectivity index is 1.52. The van der Waals surface area contributed by atoms with Gasteiger partial charge < -0.3 is 24.8 Å². The molecule has 9 heteroatoms. The molecule has 0 aliphatic carbocycles. The van der Waals surface area contributed by atoms with Gasteiger partial charge >= 0.3 is 6.03 Å². The van der Waals surface area contributed by atoms with Crippen molar-refractivity contribution in [1.29, 1.82) is 0 Å². The molecule has 0 radical (unpaired) electrons. The molecule has 0 aliphatic rings. The molecule has 2 heterocycles. The molecule has 4 aromatic rings. The second-order valence-electron chi connectivity index (χ2n) is 6.42. The largest absolute Gasteiger partial charge is 0.493 e. The molecule has 0 saturated heterocycles. The van der Waals surface area contributed by atoms with Gasteiger partial charge in [-0.2, -0.15) is 0 Å². The van der Waals surface area contributed by atoms with Crippen molar-refractivity contribution in [3.8, 4) is 27.8 Å². The Hall–Kier alpha value is -3.85. The van der Waals surface area contributed by atoms with E-state index in [-0.39, 0.29) is 0 Å². The van der Waals surface area contributed by atoms with Crippen LogP contribution >= 0.6 is 11.3 Å². The number of nitrogens with zero attached hydrogens (tertiary/aromatic N) is 2. The van der Waals surface area contributed by atoms with Crippen molar-refractivity contribution >= 4 is 39.1 Å². The van der Waals surface area contributed by atoms with E-state index in [2.05, 4.69) is 20.6 Å². The molecule has 4 rings (SSSR count). The monoisotopic (exact) mass is 436 g/mol. The summed E-state index contributed by atoms with van der Waals surface area (Å²) in [6.07, 6.45) is 1.75. The van der Waals surface area contributed by atoms with E-state index in [1.165, 1.54) is 32.7 Å². The van der Waals surface area contributed by atoms with Crippen molar-refractivity contribution in [3.05, 3.63) is 54.7 Å². The lowest BCUT2D eigenvalue weighted by Crippen LogP contribution is -2.19. The smallest absolute Gasteiger partial charge is 0.323 e. The van der Waals surface area contributed by atoms with Gasteiger partial charge in [0.25, 0.3) is 0 Å². The first-order chi connectivity index (χ1) is 15.1. The summed E-state index contributed by atoms with van der Waals surface area (Å²) in [6, 6.07) is 14.2. The normalized spacial score (nSPS) is 10.5. The van der Waals surface area contributed by atoms with E-state index in [0.29, 0.717) is 28.6 Å². The molecule has 0 aliphatic heterocycles. The van der Waals surface area contributed by atoms with Crippen molar-refractivity contribution in [2.75, 3.05) is 32.0 Å². The van der Waals surface area contributed by atoms with Gasteiger partial charge in [-0.15, -0.1) is 0 Å². The SMILES string of the molecule is COc1cc(NC(=O)Nc2cccc(-c3nc4cccnc4s3)c2)cc(OC)c1OC. The fraction of sp³-hybridized carbons (Fsp3) is 0.136. The van der Waals surface area contributed by atoms with Crippen molar-refractivity contribution in [3.63, 3.8) is 0 Å². The Morgan fingerprint density at radius 3 is 2.32 bits per heavy atom. The molecule has 2 aromatic carbocycles. The number of amides is 2. The second kappa shape index (κ2) is 8.88. The topological polar surface area (TPSA) is 94.6 Å². The zero-order valence-electron chi connectivity index (χ0n) is 17.1. The minimum absolute atomic E-state index is 0.405. The fourth-order valence-corrected chi connectivity index (χ4v) is 3.97. The third-order valence-corrected chi connectivity index (χ3v) is 5.48. The number of nitrogens with one attached hydrogen (secondary N) is 2. The summed E-state index contributed by atoms with van der Waals surface area (Å²) in [7, 11) is 4.56. The molecule has 0 spiro atoms. The van der Waals surface area contributed by atoms with Crippen LogP contribution < -0.4 is 24.8 Å². The van der Waals surface area contributed by atoms with Crippen molar-refractivity contribution < 1.29 is 19.0 Å². The van der Waals surface area contributed by atoms with E-state index < -0.39 is 6.03 Å². The first kappa shape index (κ1) is 20.4. The van der Waals surface area contributed by atoms with Gasteiger partial charge in [0.2, 0.25) is 5.75 Å². The van der Waals surface area contributed by atoms with Gasteiger partial charge in [-0.1, -0.05) is 23.5 Å². The highest BCUT2D eigenvalue weighted by Gasteiger charge is 2.15. The number of fused-ring (bicyclic) bond motifs is 1. The summed E-state index contributed by atoms with van der Waals surface area (Å²) < 4.78 is 15.9. The number of rotatable bonds is 6. The van der Waals surface area contributed by atoms with Crippen molar-refractivity contribution in [2.45, 2.75) is 0 Å². The molecule has 0 fully saturated rings. The third kappa shape index (κ3) is 4.36. The van der Waals surface area contributed by atoms with Crippen LogP contribution in [0.5, 0.6) is 17.2 Å². The average molecular weight is 436 g/mol. The lowest BCUT2D eigenvalue weighted by molar-refractivity contribution is 0.262. The van der Waals surface area contributed by atoms with Gasteiger partial charge in [0.15, 0.2) is 11.5 Å². The number of carbonyl (C=O) groups excluding carboxylic acids is 1. The lowest BCUT2D eigenvalue weighted by atomic mass is 10.2. The van der Waals surface area contributed by atoms with Crippen LogP contribution in [0.2, 0.25) is 0 Å². The Kier molecular flexibility index (Phi) is 5.85. The summed E-state index contributed by atoms with van der Waals surface area (Å²) in [4.78, 5) is 22.4. The van der Waals surface area contributed by atoms with Gasteiger partial charge in [0, 0.05) is 29.6 Å². The number of hydrogen-bond donors (Lipinski definition) is 2. The maximum atomic E-state index is 12.6. The first-order valence-corrected chi connectivity index (χ1v) is 10.1. The molecule has 0 unspecified atom stereocenters. The van der Waals surface area contributed by atoms with E-state index in [0.717, 1.165) is 20.9 Å². The minimum Gasteiger partial charge on any atom is -0.493 e. The van der Waals surface area contributed by atoms with Crippen LogP contribution in [0.3, 0.4) is 0 Å². The first-order valence-electron chi connectivity index (χ1n) is 9.31. The molecule has 31 heavy (non-hydrogen) atoms. The van der Waals surface area contributed by atoms with Gasteiger partial charge in [-0.05, 0) is 24.3 Å². The molecule has 2 amide bonds. The lowest BCUT2D eigenvalue weighted by Gasteiger charge is -2.15. The summed E-state index contributed by atoms with van der Waals surface area (Å²) in [5.41, 5.74) is 2.88. The molecular formula is C22H20N4O4S. The van der Waals surface area contributed by atoms with Crippen LogP contribution in [0.4, 0.5) is 16.2 Å². The minimum atomic E-state index is -0.405. The molecular weight excluding hydrogens is 416 g/mol. The Labute approximate surface area is 182 Å². The summed E-state index contributed by atoms with van der Waals surface area (Å²) in [5, 5.41) is 6.45. The van der Waals surface area contributed by atoms with E-state index >= 15 is 0 Å². The highest BCUT2D eigenvalue weighted by Crippen LogP contribution is 2.40. The number of methoxy groups -OCH3 is 3. The molecule has 2 aromatic heterocycles. The second-order valence-corrected chi connectivity index (χ2v) is 7.40. The maximum Gasteiger partial charge on any atom is 0.323 e. The van der Waals surface area contributed by atoms with Crippen molar-refractivity contribution in [2.24, 2.45) is 0 Å². The Bertz CT molecular complexity index is 1180. The van der Waals surface area contributed by atoms with E-state index in [9.17, 15) is 4.79 Å². The van der Waals surface area contributed by atoms with Crippen LogP contribution in [0, 0.1) is 0 Å². The van der Waals surface area contributed by atoms with Crippen LogP contribution in [0.15, 0.2) is 54.7 Å². The van der Waals surface area contributed by atoms with Crippen LogP contribution in [0.1, 0.15) is 0 Å². The predicted molar refractivity (Wildman–Crippen MR) is 122 cm³/mol. The standard InChI is InChI=1S/C22H20N4O4S/c1-28-17-11-15(12-18(29-2)19(17)30-3)25-22(27)24-14-7-4-6-13(10-14)20-26-16-8-5-9-23-21(16)31-20/h4-12H,1-3H3,(H2,24,25,27). The van der Waals surface area contributed by atoms with E-state index in [1.807, 2.05) is 36.4 Å². The zero-order chi connectivity index (χ0) is 21.8. The Morgan fingerprint density at radius 2 is 1.65 bits per heavy atom. The molecule has 2 N–H and O–H groups in total. The van der Waals surface area contributed by atoms with Crippen LogP contribution in [-0.4, -0.2) is 37.3 Å². The number of pyridine rings is 1. The number of ether oxygens (including phenoxy) is 3. The van der Waals surface area contributed by atoms with E-state index in [1.54, 1.807) is 18.3 Å². The van der Waals surface area contributed by atoms with Crippen molar-refractivity contribution in [1.82, 2.24) is 9.97 Å². The quantitative estimate of drug-likeness (QED) is 0.440. The summed E-state index contributed by atoms with van der Waals surface area (Å²) in [5.74, 6) is 1.35. The highest BCUT2D eigenvalue weighted by atomic mass is 32.1. The molecule has 0 bridgehead atoms. The predicted octanol–water partition coefficient (Wildman–Crippen LogP) is 5.03. The average Bonchev–Trinajstić information content (AvgIpc) is 3.23. The van der Waals surface area contributed by atoms with Gasteiger partial charge in [-0.25, -0.2) is 14.8 Å². The molecule has 0 atom stereocenters. The third-order valence-electron chi connectivity index (χ3n) is 4.46. The molecule has 0 saturated carbocycles. The van der Waals surface area contributed by atoms with Gasteiger partial charge in [-0.3, -0.25) is 0 Å². The maximum absolute atomic E-state index is 12.6. The summed E-state index contributed by atoms with van der Waals surface area (Å²) in [6.45, 7) is 0. The number of thiazole rings is 1. The number of benzene rings is 2. The van der Waals surface area contributed by atoms with Crippen LogP contribution in [-0.2, 0) is 0 Å². The number of aromatic nitrogens is 2. The van der Waals surface area contributed by atoms with Gasteiger partial charge in [0.1, 0.15) is 15.4 Å². The molecule has 8 nitrogen and oxygen atoms in total. The zero-order valence-corrected chi connectivity index (χ0v) is 17.9. The Morgan fingerprint density at radius 1 is 0.903 bits per heavy atom. The van der Waals surface area contributed by atoms with Crippen LogP contribution in [0.25, 0.3) is 20.9 Å².